The van der Waals surface area contributed by atoms with E-state index in [9.17, 15) is 13.2 Å². The van der Waals surface area contributed by atoms with Crippen LogP contribution >= 0.6 is 11.6 Å². The third kappa shape index (κ3) is 4.69. The van der Waals surface area contributed by atoms with E-state index in [0.717, 1.165) is 33.8 Å². The van der Waals surface area contributed by atoms with Gasteiger partial charge in [-0.15, -0.1) is 0 Å². The van der Waals surface area contributed by atoms with Crippen molar-refractivity contribution in [1.29, 1.82) is 0 Å². The molecule has 1 atom stereocenters. The van der Waals surface area contributed by atoms with Crippen molar-refractivity contribution in [1.82, 2.24) is 0 Å². The van der Waals surface area contributed by atoms with Crippen LogP contribution in [0, 0.1) is 0 Å². The standard InChI is InChI=1S/C22H17ClN2O3.C2HF3O2/c1-26-16-6-8-20-18(11-16)22(12-27-21(24)25-22)17-10-14(5-7-19(17)28-20)13-3-2-4-15(23)9-13;3-2(4,5)1(6)7/h2-11H,12H2,1H3,(H2,24,25);(H,6,7). The summed E-state index contributed by atoms with van der Waals surface area (Å²) in [6.07, 6.45) is -5.08. The molecule has 0 amide bonds. The van der Waals surface area contributed by atoms with Crippen molar-refractivity contribution in [3.63, 3.8) is 0 Å². The van der Waals surface area contributed by atoms with Gasteiger partial charge < -0.3 is 25.1 Å². The number of methoxy groups -OCH3 is 1. The molecule has 1 spiro atoms. The van der Waals surface area contributed by atoms with Gasteiger partial charge in [0.25, 0.3) is 6.02 Å². The summed E-state index contributed by atoms with van der Waals surface area (Å²) < 4.78 is 48.9. The van der Waals surface area contributed by atoms with Crippen molar-refractivity contribution in [3.8, 4) is 28.4 Å². The van der Waals surface area contributed by atoms with Gasteiger partial charge in [-0.25, -0.2) is 9.79 Å². The Morgan fingerprint density at radius 1 is 1.09 bits per heavy atom. The number of nitrogens with zero attached hydrogens (tertiary/aromatic N) is 1. The van der Waals surface area contributed by atoms with Gasteiger partial charge >= 0.3 is 12.1 Å². The number of carboxylic acids is 1. The molecule has 2 aliphatic rings. The molecular weight excluding hydrogens is 489 g/mol. The van der Waals surface area contributed by atoms with E-state index in [0.29, 0.717) is 17.4 Å². The highest BCUT2D eigenvalue weighted by Crippen LogP contribution is 2.52. The number of aliphatic imine (C=N–C) groups is 1. The number of fused-ring (bicyclic) bond motifs is 4. The first-order valence-corrected chi connectivity index (χ1v) is 10.5. The number of carboxylic acid groups (broad SMARTS) is 1. The molecule has 0 fully saturated rings. The summed E-state index contributed by atoms with van der Waals surface area (Å²) in [4.78, 5) is 13.6. The number of aliphatic carboxylic acids is 1. The molecule has 0 aromatic heterocycles. The van der Waals surface area contributed by atoms with Crippen LogP contribution in [0.2, 0.25) is 5.02 Å². The molecule has 182 valence electrons. The van der Waals surface area contributed by atoms with E-state index in [1.165, 1.54) is 0 Å². The topological polar surface area (TPSA) is 103 Å². The SMILES string of the molecule is COc1ccc2c(c1)C1(COC(N)=N1)c1cc(-c3cccc(Cl)c3)ccc1O2.O=C(O)C(F)(F)F. The highest BCUT2D eigenvalue weighted by atomic mass is 35.5. The molecule has 7 nitrogen and oxygen atoms in total. The predicted molar refractivity (Wildman–Crippen MR) is 122 cm³/mol. The second-order valence-corrected chi connectivity index (χ2v) is 8.02. The van der Waals surface area contributed by atoms with Gasteiger partial charge in [-0.3, -0.25) is 0 Å². The van der Waals surface area contributed by atoms with Crippen LogP contribution < -0.4 is 15.2 Å². The molecule has 3 aromatic carbocycles. The zero-order valence-electron chi connectivity index (χ0n) is 18.1. The number of nitrogens with two attached hydrogens (primary N) is 1. The van der Waals surface area contributed by atoms with Crippen LogP contribution in [0.5, 0.6) is 17.2 Å². The fourth-order valence-corrected chi connectivity index (χ4v) is 4.00. The van der Waals surface area contributed by atoms with E-state index < -0.39 is 17.7 Å². The van der Waals surface area contributed by atoms with E-state index in [1.54, 1.807) is 7.11 Å². The van der Waals surface area contributed by atoms with Gasteiger partial charge in [0, 0.05) is 16.1 Å². The molecule has 35 heavy (non-hydrogen) atoms. The Morgan fingerprint density at radius 2 is 1.71 bits per heavy atom. The van der Waals surface area contributed by atoms with E-state index in [4.69, 9.17) is 46.4 Å². The second kappa shape index (κ2) is 9.03. The fourth-order valence-electron chi connectivity index (χ4n) is 3.81. The van der Waals surface area contributed by atoms with Crippen molar-refractivity contribution in [2.24, 2.45) is 10.7 Å². The lowest BCUT2D eigenvalue weighted by Gasteiger charge is -2.34. The molecular formula is C24H18ClF3N2O5. The maximum Gasteiger partial charge on any atom is 0.490 e. The zero-order valence-corrected chi connectivity index (χ0v) is 18.9. The number of rotatable bonds is 2. The van der Waals surface area contributed by atoms with Gasteiger partial charge in [-0.05, 0) is 53.6 Å². The molecule has 2 heterocycles. The van der Waals surface area contributed by atoms with Crippen molar-refractivity contribution in [2.45, 2.75) is 11.7 Å². The van der Waals surface area contributed by atoms with Crippen LogP contribution in [0.3, 0.4) is 0 Å². The quantitative estimate of drug-likeness (QED) is 0.486. The predicted octanol–water partition coefficient (Wildman–Crippen LogP) is 5.34. The van der Waals surface area contributed by atoms with Crippen LogP contribution in [0.4, 0.5) is 13.2 Å². The molecule has 0 saturated carbocycles. The van der Waals surface area contributed by atoms with Gasteiger partial charge in [-0.1, -0.05) is 29.8 Å². The maximum absolute atomic E-state index is 10.6. The number of hydrogen-bond acceptors (Lipinski definition) is 6. The van der Waals surface area contributed by atoms with Gasteiger partial charge in [0.1, 0.15) is 23.9 Å². The largest absolute Gasteiger partial charge is 0.497 e. The minimum atomic E-state index is -5.08. The first-order valence-electron chi connectivity index (χ1n) is 10.1. The minimum Gasteiger partial charge on any atom is -0.497 e. The summed E-state index contributed by atoms with van der Waals surface area (Å²) in [7, 11) is 1.63. The molecule has 3 aromatic rings. The number of hydrogen-bond donors (Lipinski definition) is 2. The van der Waals surface area contributed by atoms with Crippen LogP contribution in [-0.2, 0) is 15.1 Å². The molecule has 2 aliphatic heterocycles. The van der Waals surface area contributed by atoms with E-state index in [2.05, 4.69) is 6.07 Å². The maximum atomic E-state index is 10.6. The number of ether oxygens (including phenoxy) is 3. The molecule has 3 N–H and O–H groups in total. The van der Waals surface area contributed by atoms with Crippen molar-refractivity contribution >= 4 is 23.6 Å². The molecule has 1 unspecified atom stereocenters. The van der Waals surface area contributed by atoms with E-state index in [-0.39, 0.29) is 6.02 Å². The molecule has 5 rings (SSSR count). The van der Waals surface area contributed by atoms with Gasteiger partial charge in [0.05, 0.1) is 7.11 Å². The van der Waals surface area contributed by atoms with Crippen LogP contribution in [0.1, 0.15) is 11.1 Å². The summed E-state index contributed by atoms with van der Waals surface area (Å²) in [6, 6.07) is 19.6. The minimum absolute atomic E-state index is 0.162. The van der Waals surface area contributed by atoms with Crippen LogP contribution in [0.25, 0.3) is 11.1 Å². The monoisotopic (exact) mass is 506 g/mol. The lowest BCUT2D eigenvalue weighted by Crippen LogP contribution is -2.31. The summed E-state index contributed by atoms with van der Waals surface area (Å²) in [5.41, 5.74) is 8.93. The summed E-state index contributed by atoms with van der Waals surface area (Å²) in [5, 5.41) is 7.81. The van der Waals surface area contributed by atoms with Crippen LogP contribution in [0.15, 0.2) is 65.7 Å². The Kier molecular flexibility index (Phi) is 6.25. The summed E-state index contributed by atoms with van der Waals surface area (Å²) >= 11 is 6.18. The van der Waals surface area contributed by atoms with Crippen molar-refractivity contribution < 1.29 is 37.3 Å². The highest BCUT2D eigenvalue weighted by Gasteiger charge is 2.47. The number of halogens is 4. The third-order valence-electron chi connectivity index (χ3n) is 5.41. The smallest absolute Gasteiger partial charge is 0.490 e. The normalized spacial score (nSPS) is 17.7. The van der Waals surface area contributed by atoms with Crippen molar-refractivity contribution in [3.05, 3.63) is 76.8 Å². The molecule has 0 bridgehead atoms. The lowest BCUT2D eigenvalue weighted by molar-refractivity contribution is -0.192. The first-order chi connectivity index (χ1) is 16.5. The Labute approximate surface area is 202 Å². The molecule has 11 heteroatoms. The average molecular weight is 507 g/mol. The number of carbonyl (C=O) groups is 1. The number of alkyl halides is 3. The Balaban J connectivity index is 0.000000364. The van der Waals surface area contributed by atoms with Gasteiger partial charge in [-0.2, -0.15) is 13.2 Å². The summed E-state index contributed by atoms with van der Waals surface area (Å²) in [5.74, 6) is -0.597. The zero-order chi connectivity index (χ0) is 25.4. The van der Waals surface area contributed by atoms with Crippen molar-refractivity contribution in [2.75, 3.05) is 13.7 Å². The first kappa shape index (κ1) is 24.2. The van der Waals surface area contributed by atoms with Crippen LogP contribution in [-0.4, -0.2) is 37.0 Å². The Morgan fingerprint density at radius 3 is 2.29 bits per heavy atom. The Hall–Kier alpha value is -3.92. The number of amidine groups is 1. The number of benzene rings is 3. The molecule has 0 radical (unpaired) electrons. The van der Waals surface area contributed by atoms with Gasteiger partial charge in [0.15, 0.2) is 5.54 Å². The summed E-state index contributed by atoms with van der Waals surface area (Å²) in [6.45, 7) is 0.300. The van der Waals surface area contributed by atoms with Gasteiger partial charge in [0.2, 0.25) is 0 Å². The lowest BCUT2D eigenvalue weighted by atomic mass is 9.80. The van der Waals surface area contributed by atoms with E-state index >= 15 is 0 Å². The average Bonchev–Trinajstić information content (AvgIpc) is 3.21. The second-order valence-electron chi connectivity index (χ2n) is 7.59. The molecule has 0 saturated heterocycles. The Bertz CT molecular complexity index is 1330. The molecule has 0 aliphatic carbocycles. The van der Waals surface area contributed by atoms with E-state index in [1.807, 2.05) is 54.6 Å². The highest BCUT2D eigenvalue weighted by molar-refractivity contribution is 6.30. The fraction of sp³-hybridized carbons (Fsp3) is 0.167. The third-order valence-corrected chi connectivity index (χ3v) is 5.64.